The highest BCUT2D eigenvalue weighted by Crippen LogP contribution is 2.32. The van der Waals surface area contributed by atoms with Crippen LogP contribution in [0.3, 0.4) is 0 Å². The van der Waals surface area contributed by atoms with Crippen LogP contribution in [-0.2, 0) is 0 Å². The monoisotopic (exact) mass is 182 g/mol. The number of allylic oxidation sites excluding steroid dienone is 2. The smallest absolute Gasteiger partial charge is 0.0126 e. The van der Waals surface area contributed by atoms with Crippen LogP contribution < -0.4 is 11.3 Å². The van der Waals surface area contributed by atoms with Crippen LogP contribution in [0.1, 0.15) is 34.1 Å². The van der Waals surface area contributed by atoms with Crippen LogP contribution in [-0.4, -0.2) is 0 Å². The maximum atomic E-state index is 5.31. The van der Waals surface area contributed by atoms with Gasteiger partial charge in [0.15, 0.2) is 0 Å². The average molecular weight is 182 g/mol. The fraction of sp³-hybridized carbons (Fsp3) is 0.636. The van der Waals surface area contributed by atoms with Crippen molar-refractivity contribution < 1.29 is 0 Å². The van der Waals surface area contributed by atoms with Gasteiger partial charge in [-0.1, -0.05) is 33.8 Å². The minimum Gasteiger partial charge on any atom is -0.331 e. The molecule has 3 N–H and O–H groups in total. The van der Waals surface area contributed by atoms with Gasteiger partial charge in [-0.2, -0.15) is 0 Å². The van der Waals surface area contributed by atoms with E-state index in [4.69, 9.17) is 5.84 Å². The molecule has 0 fully saturated rings. The SMILES string of the molecule is C=CC(CC)/C(=C\NN)C(C)(C)C. The first-order valence-electron chi connectivity index (χ1n) is 4.76. The Morgan fingerprint density at radius 3 is 2.31 bits per heavy atom. The summed E-state index contributed by atoms with van der Waals surface area (Å²) in [5, 5.41) is 0. The van der Waals surface area contributed by atoms with Gasteiger partial charge in [0.2, 0.25) is 0 Å². The fourth-order valence-corrected chi connectivity index (χ4v) is 1.48. The molecular weight excluding hydrogens is 160 g/mol. The minimum absolute atomic E-state index is 0.140. The quantitative estimate of drug-likeness (QED) is 0.398. The molecule has 0 heterocycles. The molecule has 1 unspecified atom stereocenters. The zero-order valence-corrected chi connectivity index (χ0v) is 9.22. The highest BCUT2D eigenvalue weighted by molar-refractivity contribution is 5.17. The average Bonchev–Trinajstić information content (AvgIpc) is 2.03. The number of hydrazine groups is 1. The van der Waals surface area contributed by atoms with Crippen molar-refractivity contribution in [1.29, 1.82) is 0 Å². The Kier molecular flexibility index (Phi) is 4.78. The molecule has 0 radical (unpaired) electrons. The standard InChI is InChI=1S/C11H22N2/c1-6-9(7-2)10(8-13-12)11(3,4)5/h6,8-9,13H,1,7,12H2,2-5H3/b10-8+. The van der Waals surface area contributed by atoms with Crippen molar-refractivity contribution in [3.63, 3.8) is 0 Å². The largest absolute Gasteiger partial charge is 0.331 e. The summed E-state index contributed by atoms with van der Waals surface area (Å²) in [6.07, 6.45) is 4.93. The number of nitrogens with one attached hydrogen (secondary N) is 1. The predicted octanol–water partition coefficient (Wildman–Crippen LogP) is 2.59. The van der Waals surface area contributed by atoms with Gasteiger partial charge in [-0.15, -0.1) is 6.58 Å². The van der Waals surface area contributed by atoms with Gasteiger partial charge in [0.1, 0.15) is 0 Å². The van der Waals surface area contributed by atoms with Crippen molar-refractivity contribution in [3.05, 3.63) is 24.4 Å². The van der Waals surface area contributed by atoms with Crippen molar-refractivity contribution >= 4 is 0 Å². The first-order valence-corrected chi connectivity index (χ1v) is 4.76. The van der Waals surface area contributed by atoms with E-state index in [2.05, 4.69) is 39.7 Å². The maximum Gasteiger partial charge on any atom is 0.0126 e. The number of hydrogen-bond donors (Lipinski definition) is 2. The van der Waals surface area contributed by atoms with E-state index < -0.39 is 0 Å². The van der Waals surface area contributed by atoms with Crippen molar-refractivity contribution in [2.24, 2.45) is 17.2 Å². The molecule has 13 heavy (non-hydrogen) atoms. The predicted molar refractivity (Wildman–Crippen MR) is 58.8 cm³/mol. The van der Waals surface area contributed by atoms with E-state index in [1.165, 1.54) is 5.57 Å². The van der Waals surface area contributed by atoms with Crippen molar-refractivity contribution in [1.82, 2.24) is 5.43 Å². The lowest BCUT2D eigenvalue weighted by Gasteiger charge is -2.28. The second kappa shape index (κ2) is 5.07. The molecule has 0 spiro atoms. The normalized spacial score (nSPS) is 15.3. The lowest BCUT2D eigenvalue weighted by Crippen LogP contribution is -2.22. The lowest BCUT2D eigenvalue weighted by atomic mass is 9.78. The highest BCUT2D eigenvalue weighted by atomic mass is 15.2. The maximum absolute atomic E-state index is 5.31. The summed E-state index contributed by atoms with van der Waals surface area (Å²) >= 11 is 0. The van der Waals surface area contributed by atoms with E-state index in [0.29, 0.717) is 5.92 Å². The van der Waals surface area contributed by atoms with Gasteiger partial charge >= 0.3 is 0 Å². The summed E-state index contributed by atoms with van der Waals surface area (Å²) in [5.41, 5.74) is 4.05. The molecule has 76 valence electrons. The zero-order valence-electron chi connectivity index (χ0n) is 9.22. The summed E-state index contributed by atoms with van der Waals surface area (Å²) in [7, 11) is 0. The van der Waals surface area contributed by atoms with E-state index in [1.54, 1.807) is 0 Å². The molecular formula is C11H22N2. The lowest BCUT2D eigenvalue weighted by molar-refractivity contribution is 0.442. The van der Waals surface area contributed by atoms with Crippen LogP contribution in [0.15, 0.2) is 24.4 Å². The summed E-state index contributed by atoms with van der Waals surface area (Å²) in [6, 6.07) is 0. The van der Waals surface area contributed by atoms with Gasteiger partial charge in [-0.3, -0.25) is 5.84 Å². The zero-order chi connectivity index (χ0) is 10.5. The Morgan fingerprint density at radius 2 is 2.08 bits per heavy atom. The van der Waals surface area contributed by atoms with Gasteiger partial charge in [0.25, 0.3) is 0 Å². The number of nitrogens with two attached hydrogens (primary N) is 1. The molecule has 0 aliphatic carbocycles. The van der Waals surface area contributed by atoms with E-state index in [-0.39, 0.29) is 5.41 Å². The van der Waals surface area contributed by atoms with Crippen LogP contribution >= 0.6 is 0 Å². The fourth-order valence-electron chi connectivity index (χ4n) is 1.48. The van der Waals surface area contributed by atoms with Gasteiger partial charge in [0, 0.05) is 6.20 Å². The van der Waals surface area contributed by atoms with E-state index >= 15 is 0 Å². The van der Waals surface area contributed by atoms with Gasteiger partial charge in [-0.25, -0.2) is 0 Å². The number of hydrogen-bond acceptors (Lipinski definition) is 2. The second-order valence-corrected chi connectivity index (χ2v) is 4.27. The molecule has 2 nitrogen and oxygen atoms in total. The molecule has 1 atom stereocenters. The van der Waals surface area contributed by atoms with Crippen LogP contribution in [0.5, 0.6) is 0 Å². The van der Waals surface area contributed by atoms with Crippen LogP contribution in [0, 0.1) is 11.3 Å². The van der Waals surface area contributed by atoms with E-state index in [1.807, 2.05) is 12.3 Å². The summed E-state index contributed by atoms with van der Waals surface area (Å²) in [6.45, 7) is 12.5. The van der Waals surface area contributed by atoms with Crippen LogP contribution in [0.4, 0.5) is 0 Å². The van der Waals surface area contributed by atoms with Crippen molar-refractivity contribution in [3.8, 4) is 0 Å². The molecule has 0 amide bonds. The molecule has 0 bridgehead atoms. The van der Waals surface area contributed by atoms with Crippen molar-refractivity contribution in [2.75, 3.05) is 0 Å². The third-order valence-corrected chi connectivity index (χ3v) is 2.23. The van der Waals surface area contributed by atoms with Crippen LogP contribution in [0.25, 0.3) is 0 Å². The Labute approximate surface area is 81.9 Å². The topological polar surface area (TPSA) is 38.0 Å². The second-order valence-electron chi connectivity index (χ2n) is 4.27. The van der Waals surface area contributed by atoms with E-state index in [9.17, 15) is 0 Å². The summed E-state index contributed by atoms with van der Waals surface area (Å²) in [4.78, 5) is 0. The molecule has 0 aliphatic rings. The van der Waals surface area contributed by atoms with Crippen LogP contribution in [0.2, 0.25) is 0 Å². The molecule has 0 saturated carbocycles. The first-order chi connectivity index (χ1) is 5.97. The molecule has 0 aliphatic heterocycles. The van der Waals surface area contributed by atoms with Gasteiger partial charge in [0.05, 0.1) is 0 Å². The molecule has 2 heteroatoms. The Morgan fingerprint density at radius 1 is 1.54 bits per heavy atom. The minimum atomic E-state index is 0.140. The highest BCUT2D eigenvalue weighted by Gasteiger charge is 2.22. The number of rotatable bonds is 4. The summed E-state index contributed by atoms with van der Waals surface area (Å²) in [5.74, 6) is 5.73. The molecule has 0 aromatic carbocycles. The third kappa shape index (κ3) is 3.64. The van der Waals surface area contributed by atoms with Gasteiger partial charge in [-0.05, 0) is 23.3 Å². The molecule has 0 saturated heterocycles. The van der Waals surface area contributed by atoms with Crippen molar-refractivity contribution in [2.45, 2.75) is 34.1 Å². The third-order valence-electron chi connectivity index (χ3n) is 2.23. The Hall–Kier alpha value is -0.760. The molecule has 0 aromatic rings. The molecule has 0 rings (SSSR count). The Bertz CT molecular complexity index is 187. The molecule has 0 aromatic heterocycles. The Balaban J connectivity index is 4.80. The first kappa shape index (κ1) is 12.2. The van der Waals surface area contributed by atoms with E-state index in [0.717, 1.165) is 6.42 Å². The summed E-state index contributed by atoms with van der Waals surface area (Å²) < 4.78 is 0. The van der Waals surface area contributed by atoms with Gasteiger partial charge < -0.3 is 5.43 Å².